The normalized spacial score (nSPS) is 12.1. The average molecular weight is 396 g/mol. The lowest BCUT2D eigenvalue weighted by atomic mass is 10.1. The topological polar surface area (TPSA) is 58.6 Å². The van der Waals surface area contributed by atoms with Gasteiger partial charge in [-0.2, -0.15) is 0 Å². The first kappa shape index (κ1) is 18.0. The second-order valence-corrected chi connectivity index (χ2v) is 7.13. The number of benzene rings is 2. The molecule has 3 aromatic rings. The summed E-state index contributed by atoms with van der Waals surface area (Å²) in [7, 11) is 0. The lowest BCUT2D eigenvalue weighted by Gasteiger charge is -2.12. The molecule has 0 saturated heterocycles. The minimum atomic E-state index is -0.779. The van der Waals surface area contributed by atoms with Crippen molar-refractivity contribution >= 4 is 50.5 Å². The maximum Gasteiger partial charge on any atom is 0.258 e. The Morgan fingerprint density at radius 2 is 2.04 bits per heavy atom. The predicted molar refractivity (Wildman–Crippen MR) is 102 cm³/mol. The van der Waals surface area contributed by atoms with E-state index in [-0.39, 0.29) is 19.1 Å². The van der Waals surface area contributed by atoms with Crippen LogP contribution >= 0.6 is 34.5 Å². The van der Waals surface area contributed by atoms with Gasteiger partial charge in [0.15, 0.2) is 6.61 Å². The van der Waals surface area contributed by atoms with Gasteiger partial charge in [-0.25, -0.2) is 0 Å². The summed E-state index contributed by atoms with van der Waals surface area (Å²) in [4.78, 5) is 11.9. The van der Waals surface area contributed by atoms with Gasteiger partial charge in [0.25, 0.3) is 5.91 Å². The van der Waals surface area contributed by atoms with Crippen molar-refractivity contribution in [3.63, 3.8) is 0 Å². The molecule has 0 saturated carbocycles. The van der Waals surface area contributed by atoms with Crippen LogP contribution in [0.15, 0.2) is 47.8 Å². The fraction of sp³-hybridized carbons (Fsp3) is 0.167. The summed E-state index contributed by atoms with van der Waals surface area (Å²) in [5.41, 5.74) is 0.808. The Bertz CT molecular complexity index is 897. The fourth-order valence-electron chi connectivity index (χ4n) is 2.36. The molecule has 1 atom stereocenters. The highest BCUT2D eigenvalue weighted by atomic mass is 35.5. The summed E-state index contributed by atoms with van der Waals surface area (Å²) in [6.45, 7) is -0.0876. The number of aliphatic hydroxyl groups is 1. The van der Waals surface area contributed by atoms with Gasteiger partial charge in [0, 0.05) is 21.8 Å². The molecule has 1 unspecified atom stereocenters. The van der Waals surface area contributed by atoms with E-state index < -0.39 is 6.10 Å². The number of carbonyl (C=O) groups is 1. The van der Waals surface area contributed by atoms with E-state index >= 15 is 0 Å². The highest BCUT2D eigenvalue weighted by molar-refractivity contribution is 7.17. The van der Waals surface area contributed by atoms with E-state index in [1.807, 2.05) is 29.6 Å². The largest absolute Gasteiger partial charge is 0.482 e. The summed E-state index contributed by atoms with van der Waals surface area (Å²) < 4.78 is 6.47. The molecule has 1 amide bonds. The van der Waals surface area contributed by atoms with Crippen molar-refractivity contribution in [1.29, 1.82) is 0 Å². The molecule has 130 valence electrons. The third-order valence-electron chi connectivity index (χ3n) is 3.62. The monoisotopic (exact) mass is 395 g/mol. The number of nitrogens with one attached hydrogen (secondary N) is 1. The van der Waals surface area contributed by atoms with Crippen molar-refractivity contribution in [2.45, 2.75) is 6.10 Å². The minimum Gasteiger partial charge on any atom is -0.482 e. The van der Waals surface area contributed by atoms with Crippen LogP contribution in [-0.4, -0.2) is 24.2 Å². The number of hydrogen-bond acceptors (Lipinski definition) is 4. The van der Waals surface area contributed by atoms with Gasteiger partial charge in [0.1, 0.15) is 5.75 Å². The lowest BCUT2D eigenvalue weighted by molar-refractivity contribution is -0.123. The second kappa shape index (κ2) is 8.06. The number of rotatable bonds is 6. The standard InChI is InChI=1S/C18H15Cl2NO3S/c19-11-5-6-16(14(20)7-11)24-9-18(23)21-8-15(22)13-10-25-17-4-2-1-3-12(13)17/h1-7,10,15,22H,8-9H2,(H,21,23). The maximum atomic E-state index is 11.9. The maximum absolute atomic E-state index is 11.9. The molecular weight excluding hydrogens is 381 g/mol. The molecule has 0 radical (unpaired) electrons. The van der Waals surface area contributed by atoms with E-state index in [9.17, 15) is 9.90 Å². The van der Waals surface area contributed by atoms with Crippen LogP contribution in [-0.2, 0) is 4.79 Å². The highest BCUT2D eigenvalue weighted by Gasteiger charge is 2.14. The van der Waals surface area contributed by atoms with Crippen LogP contribution in [0.25, 0.3) is 10.1 Å². The van der Waals surface area contributed by atoms with Crippen LogP contribution in [0.5, 0.6) is 5.75 Å². The molecular formula is C18H15Cl2NO3S. The summed E-state index contributed by atoms with van der Waals surface area (Å²) >= 11 is 13.4. The molecule has 2 aromatic carbocycles. The Morgan fingerprint density at radius 3 is 2.84 bits per heavy atom. The van der Waals surface area contributed by atoms with E-state index in [0.29, 0.717) is 15.8 Å². The molecule has 1 heterocycles. The first-order valence-corrected chi connectivity index (χ1v) is 9.17. The van der Waals surface area contributed by atoms with E-state index in [1.54, 1.807) is 29.5 Å². The van der Waals surface area contributed by atoms with Crippen LogP contribution in [0, 0.1) is 0 Å². The van der Waals surface area contributed by atoms with Crippen molar-refractivity contribution in [1.82, 2.24) is 5.32 Å². The molecule has 0 fully saturated rings. The molecule has 0 bridgehead atoms. The van der Waals surface area contributed by atoms with E-state index in [0.717, 1.165) is 15.6 Å². The van der Waals surface area contributed by atoms with Gasteiger partial charge in [-0.15, -0.1) is 11.3 Å². The Hall–Kier alpha value is -1.79. The van der Waals surface area contributed by atoms with Gasteiger partial charge in [-0.05, 0) is 35.0 Å². The van der Waals surface area contributed by atoms with Crippen molar-refractivity contribution in [3.05, 3.63) is 63.5 Å². The van der Waals surface area contributed by atoms with Gasteiger partial charge in [0.2, 0.25) is 0 Å². The number of thiophene rings is 1. The number of fused-ring (bicyclic) bond motifs is 1. The smallest absolute Gasteiger partial charge is 0.258 e. The third kappa shape index (κ3) is 4.44. The number of halogens is 2. The Morgan fingerprint density at radius 1 is 1.24 bits per heavy atom. The van der Waals surface area contributed by atoms with Crippen molar-refractivity contribution < 1.29 is 14.6 Å². The molecule has 0 aliphatic heterocycles. The quantitative estimate of drug-likeness (QED) is 0.648. The third-order valence-corrected chi connectivity index (χ3v) is 5.13. The average Bonchev–Trinajstić information content (AvgIpc) is 3.03. The van der Waals surface area contributed by atoms with E-state index in [1.165, 1.54) is 0 Å². The van der Waals surface area contributed by atoms with Crippen LogP contribution < -0.4 is 10.1 Å². The summed E-state index contributed by atoms with van der Waals surface area (Å²) in [5, 5.41) is 16.7. The second-order valence-electron chi connectivity index (χ2n) is 5.37. The number of ether oxygens (including phenoxy) is 1. The minimum absolute atomic E-state index is 0.108. The highest BCUT2D eigenvalue weighted by Crippen LogP contribution is 2.30. The van der Waals surface area contributed by atoms with E-state index in [2.05, 4.69) is 5.32 Å². The van der Waals surface area contributed by atoms with Gasteiger partial charge < -0.3 is 15.2 Å². The zero-order chi connectivity index (χ0) is 17.8. The Balaban J connectivity index is 1.53. The summed E-state index contributed by atoms with van der Waals surface area (Å²) in [6.07, 6.45) is -0.779. The van der Waals surface area contributed by atoms with Gasteiger partial charge in [-0.3, -0.25) is 4.79 Å². The van der Waals surface area contributed by atoms with Crippen LogP contribution in [0.2, 0.25) is 10.0 Å². The van der Waals surface area contributed by atoms with E-state index in [4.69, 9.17) is 27.9 Å². The predicted octanol–water partition coefficient (Wildman–Crippen LogP) is 4.44. The molecule has 3 rings (SSSR count). The van der Waals surface area contributed by atoms with Crippen LogP contribution in [0.3, 0.4) is 0 Å². The first-order chi connectivity index (χ1) is 12.0. The van der Waals surface area contributed by atoms with Gasteiger partial charge in [0.05, 0.1) is 11.1 Å². The molecule has 0 aliphatic carbocycles. The van der Waals surface area contributed by atoms with Crippen molar-refractivity contribution in [2.75, 3.05) is 13.2 Å². The zero-order valence-electron chi connectivity index (χ0n) is 13.0. The SMILES string of the molecule is O=C(COc1ccc(Cl)cc1Cl)NCC(O)c1csc2ccccc12. The van der Waals surface area contributed by atoms with Gasteiger partial charge in [-0.1, -0.05) is 41.4 Å². The van der Waals surface area contributed by atoms with Crippen LogP contribution in [0.4, 0.5) is 0 Å². The van der Waals surface area contributed by atoms with Gasteiger partial charge >= 0.3 is 0 Å². The molecule has 7 heteroatoms. The first-order valence-electron chi connectivity index (χ1n) is 7.53. The molecule has 2 N–H and O–H groups in total. The number of aliphatic hydroxyl groups excluding tert-OH is 1. The summed E-state index contributed by atoms with van der Waals surface area (Å²) in [6, 6.07) is 12.6. The lowest BCUT2D eigenvalue weighted by Crippen LogP contribution is -2.32. The molecule has 0 spiro atoms. The number of amides is 1. The number of hydrogen-bond donors (Lipinski definition) is 2. The number of carbonyl (C=O) groups excluding carboxylic acids is 1. The summed E-state index contributed by atoms with van der Waals surface area (Å²) in [5.74, 6) is 0.0372. The zero-order valence-corrected chi connectivity index (χ0v) is 15.4. The Labute approximate surface area is 158 Å². The molecule has 4 nitrogen and oxygen atoms in total. The molecule has 25 heavy (non-hydrogen) atoms. The molecule has 1 aromatic heterocycles. The van der Waals surface area contributed by atoms with Crippen LogP contribution in [0.1, 0.15) is 11.7 Å². The van der Waals surface area contributed by atoms with Crippen molar-refractivity contribution in [3.8, 4) is 5.75 Å². The molecule has 0 aliphatic rings. The Kier molecular flexibility index (Phi) is 5.81. The van der Waals surface area contributed by atoms with Crippen molar-refractivity contribution in [2.24, 2.45) is 0 Å². The fourth-order valence-corrected chi connectivity index (χ4v) is 3.83.